The van der Waals surface area contributed by atoms with Crippen molar-refractivity contribution in [3.05, 3.63) is 28.3 Å². The Balaban J connectivity index is 2.37. The second-order valence-corrected chi connectivity index (χ2v) is 6.29. The van der Waals surface area contributed by atoms with Crippen LogP contribution in [-0.2, 0) is 14.8 Å². The van der Waals surface area contributed by atoms with Crippen molar-refractivity contribution in [2.75, 3.05) is 13.1 Å². The summed E-state index contributed by atoms with van der Waals surface area (Å²) >= 11 is 0. The Hall–Kier alpha value is -2.00. The van der Waals surface area contributed by atoms with Gasteiger partial charge in [0.2, 0.25) is 10.0 Å². The van der Waals surface area contributed by atoms with Crippen LogP contribution in [0, 0.1) is 10.1 Å². The molecule has 0 amide bonds. The largest absolute Gasteiger partial charge is 0.502 e. The van der Waals surface area contributed by atoms with E-state index in [-0.39, 0.29) is 36.6 Å². The predicted octanol–water partition coefficient (Wildman–Crippen LogP) is 0.654. The number of phenols is 1. The standard InChI is InChI=1S/C11H12N2O6S/c14-8-3-5-12(6-4-8)20(18,19)9-1-2-11(15)10(7-9)13(16)17/h1-2,7,15H,3-6H2. The second-order valence-electron chi connectivity index (χ2n) is 4.35. The first kappa shape index (κ1) is 14.4. The minimum Gasteiger partial charge on any atom is -0.502 e. The van der Waals surface area contributed by atoms with Crippen molar-refractivity contribution in [2.24, 2.45) is 0 Å². The molecule has 0 atom stereocenters. The van der Waals surface area contributed by atoms with Crippen molar-refractivity contribution < 1.29 is 23.2 Å². The Morgan fingerprint density at radius 2 is 1.85 bits per heavy atom. The first-order valence-electron chi connectivity index (χ1n) is 5.81. The molecule has 1 aliphatic rings. The molecule has 1 saturated heterocycles. The molecule has 1 heterocycles. The fraction of sp³-hybridized carbons (Fsp3) is 0.364. The van der Waals surface area contributed by atoms with E-state index in [1.807, 2.05) is 0 Å². The fourth-order valence-electron chi connectivity index (χ4n) is 1.93. The number of sulfonamides is 1. The molecular weight excluding hydrogens is 288 g/mol. The highest BCUT2D eigenvalue weighted by molar-refractivity contribution is 7.89. The van der Waals surface area contributed by atoms with E-state index in [0.29, 0.717) is 0 Å². The molecule has 20 heavy (non-hydrogen) atoms. The Bertz CT molecular complexity index is 659. The molecule has 0 spiro atoms. The number of Topliss-reactive ketones (excluding diaryl/α,β-unsaturated/α-hetero) is 1. The number of hydrogen-bond acceptors (Lipinski definition) is 6. The lowest BCUT2D eigenvalue weighted by molar-refractivity contribution is -0.386. The number of hydrogen-bond donors (Lipinski definition) is 1. The molecule has 108 valence electrons. The highest BCUT2D eigenvalue weighted by Crippen LogP contribution is 2.30. The lowest BCUT2D eigenvalue weighted by atomic mass is 10.1. The summed E-state index contributed by atoms with van der Waals surface area (Å²) < 4.78 is 25.7. The first-order chi connectivity index (χ1) is 9.32. The van der Waals surface area contributed by atoms with Crippen LogP contribution >= 0.6 is 0 Å². The minimum absolute atomic E-state index is 0.00635. The molecule has 1 aromatic rings. The van der Waals surface area contributed by atoms with Crippen molar-refractivity contribution in [1.82, 2.24) is 4.31 Å². The molecule has 0 aliphatic carbocycles. The molecular formula is C11H12N2O6S. The zero-order valence-electron chi connectivity index (χ0n) is 10.4. The van der Waals surface area contributed by atoms with Gasteiger partial charge < -0.3 is 5.11 Å². The topological polar surface area (TPSA) is 118 Å². The zero-order valence-corrected chi connectivity index (χ0v) is 11.2. The molecule has 1 aliphatic heterocycles. The van der Waals surface area contributed by atoms with Crippen LogP contribution in [0.15, 0.2) is 23.1 Å². The maximum Gasteiger partial charge on any atom is 0.312 e. The van der Waals surface area contributed by atoms with Gasteiger partial charge in [0.15, 0.2) is 5.75 Å². The highest BCUT2D eigenvalue weighted by atomic mass is 32.2. The molecule has 0 radical (unpaired) electrons. The molecule has 0 saturated carbocycles. The van der Waals surface area contributed by atoms with E-state index in [1.54, 1.807) is 0 Å². The van der Waals surface area contributed by atoms with Crippen molar-refractivity contribution in [3.8, 4) is 5.75 Å². The number of ketones is 1. The summed E-state index contributed by atoms with van der Waals surface area (Å²) in [7, 11) is -3.89. The number of rotatable bonds is 3. The van der Waals surface area contributed by atoms with E-state index in [0.717, 1.165) is 22.5 Å². The molecule has 8 nitrogen and oxygen atoms in total. The van der Waals surface area contributed by atoms with Gasteiger partial charge in [0.1, 0.15) is 5.78 Å². The first-order valence-corrected chi connectivity index (χ1v) is 7.25. The van der Waals surface area contributed by atoms with E-state index < -0.39 is 26.4 Å². The molecule has 1 fully saturated rings. The van der Waals surface area contributed by atoms with Crippen LogP contribution in [0.4, 0.5) is 5.69 Å². The highest BCUT2D eigenvalue weighted by Gasteiger charge is 2.30. The molecule has 9 heteroatoms. The number of benzene rings is 1. The molecule has 0 unspecified atom stereocenters. The van der Waals surface area contributed by atoms with E-state index in [9.17, 15) is 28.4 Å². The van der Waals surface area contributed by atoms with Crippen molar-refractivity contribution in [3.63, 3.8) is 0 Å². The third-order valence-electron chi connectivity index (χ3n) is 3.06. The fourth-order valence-corrected chi connectivity index (χ4v) is 3.40. The van der Waals surface area contributed by atoms with Gasteiger partial charge in [0, 0.05) is 32.0 Å². The lowest BCUT2D eigenvalue weighted by Gasteiger charge is -2.25. The summed E-state index contributed by atoms with van der Waals surface area (Å²) in [6.07, 6.45) is 0.277. The number of piperidine rings is 1. The summed E-state index contributed by atoms with van der Waals surface area (Å²) in [5.41, 5.74) is -0.667. The molecule has 1 N–H and O–H groups in total. The SMILES string of the molecule is O=C1CCN(S(=O)(=O)c2ccc(O)c([N+](=O)[O-])c2)CC1. The van der Waals surface area contributed by atoms with Gasteiger partial charge in [-0.3, -0.25) is 14.9 Å². The Labute approximate surface area is 114 Å². The summed E-state index contributed by atoms with van der Waals surface area (Å²) in [6, 6.07) is 2.90. The summed E-state index contributed by atoms with van der Waals surface area (Å²) in [5.74, 6) is -0.601. The third-order valence-corrected chi connectivity index (χ3v) is 4.96. The predicted molar refractivity (Wildman–Crippen MR) is 67.8 cm³/mol. The normalized spacial score (nSPS) is 17.1. The van der Waals surface area contributed by atoms with Crippen molar-refractivity contribution in [1.29, 1.82) is 0 Å². The summed E-state index contributed by atoms with van der Waals surface area (Å²) in [6.45, 7) is 0.131. The van der Waals surface area contributed by atoms with Crippen LogP contribution in [0.5, 0.6) is 5.75 Å². The van der Waals surface area contributed by atoms with Gasteiger partial charge >= 0.3 is 5.69 Å². The lowest BCUT2D eigenvalue weighted by Crippen LogP contribution is -2.38. The summed E-state index contributed by atoms with van der Waals surface area (Å²) in [4.78, 5) is 20.7. The van der Waals surface area contributed by atoms with Crippen LogP contribution in [0.25, 0.3) is 0 Å². The van der Waals surface area contributed by atoms with Gasteiger partial charge in [-0.05, 0) is 12.1 Å². The maximum absolute atomic E-state index is 12.3. The number of phenolic OH excluding ortho intramolecular Hbond substituents is 1. The van der Waals surface area contributed by atoms with Gasteiger partial charge in [-0.15, -0.1) is 0 Å². The maximum atomic E-state index is 12.3. The van der Waals surface area contributed by atoms with E-state index >= 15 is 0 Å². The van der Waals surface area contributed by atoms with Gasteiger partial charge in [0.05, 0.1) is 9.82 Å². The summed E-state index contributed by atoms with van der Waals surface area (Å²) in [5, 5.41) is 20.0. The quantitative estimate of drug-likeness (QED) is 0.647. The smallest absolute Gasteiger partial charge is 0.312 e. The van der Waals surface area contributed by atoms with Gasteiger partial charge in [-0.2, -0.15) is 4.31 Å². The Morgan fingerprint density at radius 3 is 2.40 bits per heavy atom. The monoisotopic (exact) mass is 300 g/mol. The second kappa shape index (κ2) is 5.17. The van der Waals surface area contributed by atoms with Gasteiger partial charge in [-0.1, -0.05) is 0 Å². The number of nitro groups is 1. The Kier molecular flexibility index (Phi) is 3.73. The van der Waals surface area contributed by atoms with E-state index in [1.165, 1.54) is 0 Å². The Morgan fingerprint density at radius 1 is 1.25 bits per heavy atom. The van der Waals surface area contributed by atoms with Crippen molar-refractivity contribution in [2.45, 2.75) is 17.7 Å². The average molecular weight is 300 g/mol. The third kappa shape index (κ3) is 2.63. The number of aromatic hydroxyl groups is 1. The molecule has 1 aromatic carbocycles. The van der Waals surface area contributed by atoms with Crippen LogP contribution in [0.1, 0.15) is 12.8 Å². The van der Waals surface area contributed by atoms with E-state index in [2.05, 4.69) is 0 Å². The molecule has 2 rings (SSSR count). The number of nitro benzene ring substituents is 1. The average Bonchev–Trinajstić information content (AvgIpc) is 2.39. The van der Waals surface area contributed by atoms with Crippen LogP contribution < -0.4 is 0 Å². The number of carbonyl (C=O) groups is 1. The molecule has 0 bridgehead atoms. The van der Waals surface area contributed by atoms with Crippen LogP contribution in [0.3, 0.4) is 0 Å². The number of nitrogens with zero attached hydrogens (tertiary/aromatic N) is 2. The zero-order chi connectivity index (χ0) is 14.9. The van der Waals surface area contributed by atoms with E-state index in [4.69, 9.17) is 0 Å². The van der Waals surface area contributed by atoms with Crippen LogP contribution in [0.2, 0.25) is 0 Å². The molecule has 0 aromatic heterocycles. The minimum atomic E-state index is -3.89. The van der Waals surface area contributed by atoms with Crippen molar-refractivity contribution >= 4 is 21.5 Å². The van der Waals surface area contributed by atoms with Gasteiger partial charge in [0.25, 0.3) is 0 Å². The van der Waals surface area contributed by atoms with Gasteiger partial charge in [-0.25, -0.2) is 8.42 Å². The van der Waals surface area contributed by atoms with Crippen LogP contribution in [-0.4, -0.2) is 41.6 Å². The number of carbonyl (C=O) groups excluding carboxylic acids is 1.